The number of rotatable bonds is 3. The summed E-state index contributed by atoms with van der Waals surface area (Å²) in [7, 11) is 0. The highest BCUT2D eigenvalue weighted by Crippen LogP contribution is 2.23. The maximum atomic E-state index is 12.4. The third-order valence-electron chi connectivity index (χ3n) is 3.89. The van der Waals surface area contributed by atoms with Gasteiger partial charge < -0.3 is 10.6 Å². The maximum Gasteiger partial charge on any atom is 0.240 e. The first-order valence-electron chi connectivity index (χ1n) is 7.28. The van der Waals surface area contributed by atoms with E-state index in [1.54, 1.807) is 11.3 Å². The predicted molar refractivity (Wildman–Crippen MR) is 88.6 cm³/mol. The minimum absolute atomic E-state index is 0.0707. The molecule has 0 radical (unpaired) electrons. The molecule has 1 amide bonds. The molecule has 1 fully saturated rings. The molecule has 2 N–H and O–H groups in total. The number of hydrogen-bond donors (Lipinski definition) is 1. The largest absolute Gasteiger partial charge is 0.339 e. The van der Waals surface area contributed by atoms with Crippen LogP contribution in [0.5, 0.6) is 0 Å². The number of nitrogens with two attached hydrogens (primary N) is 1. The topological polar surface area (TPSA) is 49.6 Å². The molecule has 1 saturated heterocycles. The molecule has 21 heavy (non-hydrogen) atoms. The van der Waals surface area contributed by atoms with E-state index in [0.717, 1.165) is 37.1 Å². The first kappa shape index (κ1) is 16.7. The molecular formula is C15H24ClN3OS. The monoisotopic (exact) mass is 329 g/mol. The number of thiophene rings is 1. The highest BCUT2D eigenvalue weighted by molar-refractivity contribution is 7.16. The summed E-state index contributed by atoms with van der Waals surface area (Å²) in [5.41, 5.74) is 5.88. The quantitative estimate of drug-likeness (QED) is 0.926. The SMILES string of the molecule is CC(C)(C)[C@H](N)C(=O)N1CCN(Cc2ccc(Cl)s2)CC1. The first-order valence-corrected chi connectivity index (χ1v) is 8.48. The lowest BCUT2D eigenvalue weighted by Gasteiger charge is -2.38. The Labute approximate surface area is 135 Å². The second kappa shape index (κ2) is 6.65. The molecule has 1 aliphatic heterocycles. The van der Waals surface area contributed by atoms with Crippen LogP contribution in [0.1, 0.15) is 25.6 Å². The number of halogens is 1. The van der Waals surface area contributed by atoms with E-state index >= 15 is 0 Å². The lowest BCUT2D eigenvalue weighted by Crippen LogP contribution is -2.55. The summed E-state index contributed by atoms with van der Waals surface area (Å²) in [6.45, 7) is 10.2. The summed E-state index contributed by atoms with van der Waals surface area (Å²) in [4.78, 5) is 17.9. The number of piperazine rings is 1. The lowest BCUT2D eigenvalue weighted by atomic mass is 9.86. The molecule has 1 aromatic heterocycles. The first-order chi connectivity index (χ1) is 9.77. The zero-order chi connectivity index (χ0) is 15.6. The summed E-state index contributed by atoms with van der Waals surface area (Å²) in [5.74, 6) is 0.0707. The van der Waals surface area contributed by atoms with E-state index < -0.39 is 6.04 Å². The fourth-order valence-electron chi connectivity index (χ4n) is 2.35. The molecule has 2 rings (SSSR count). The minimum atomic E-state index is -0.430. The van der Waals surface area contributed by atoms with Gasteiger partial charge in [-0.05, 0) is 17.5 Å². The Morgan fingerprint density at radius 3 is 2.43 bits per heavy atom. The predicted octanol–water partition coefficient (Wildman–Crippen LogP) is 2.42. The van der Waals surface area contributed by atoms with Crippen molar-refractivity contribution < 1.29 is 4.79 Å². The summed E-state index contributed by atoms with van der Waals surface area (Å²) in [6, 6.07) is 3.57. The van der Waals surface area contributed by atoms with E-state index in [9.17, 15) is 4.79 Å². The van der Waals surface area contributed by atoms with Gasteiger partial charge in [0.25, 0.3) is 0 Å². The van der Waals surface area contributed by atoms with Crippen molar-refractivity contribution in [3.63, 3.8) is 0 Å². The summed E-state index contributed by atoms with van der Waals surface area (Å²) < 4.78 is 0.829. The van der Waals surface area contributed by atoms with E-state index in [4.69, 9.17) is 17.3 Å². The van der Waals surface area contributed by atoms with Gasteiger partial charge >= 0.3 is 0 Å². The number of carbonyl (C=O) groups excluding carboxylic acids is 1. The van der Waals surface area contributed by atoms with Crippen LogP contribution in [-0.2, 0) is 11.3 Å². The summed E-state index contributed by atoms with van der Waals surface area (Å²) >= 11 is 7.57. The number of carbonyl (C=O) groups is 1. The second-order valence-electron chi connectivity index (χ2n) is 6.65. The van der Waals surface area contributed by atoms with Crippen LogP contribution in [0.25, 0.3) is 0 Å². The maximum absolute atomic E-state index is 12.4. The molecule has 118 valence electrons. The fourth-order valence-corrected chi connectivity index (χ4v) is 3.48. The van der Waals surface area contributed by atoms with Crippen molar-refractivity contribution >= 4 is 28.8 Å². The molecule has 0 aliphatic carbocycles. The van der Waals surface area contributed by atoms with Crippen molar-refractivity contribution in [1.29, 1.82) is 0 Å². The van der Waals surface area contributed by atoms with Crippen LogP contribution in [0.15, 0.2) is 12.1 Å². The Balaban J connectivity index is 1.84. The Hall–Kier alpha value is -0.620. The highest BCUT2D eigenvalue weighted by atomic mass is 35.5. The Kier molecular flexibility index (Phi) is 5.30. The van der Waals surface area contributed by atoms with E-state index in [1.165, 1.54) is 4.88 Å². The molecule has 0 unspecified atom stereocenters. The number of amides is 1. The molecule has 6 heteroatoms. The van der Waals surface area contributed by atoms with Crippen LogP contribution < -0.4 is 5.73 Å². The molecule has 0 spiro atoms. The zero-order valence-corrected chi connectivity index (χ0v) is 14.5. The van der Waals surface area contributed by atoms with Gasteiger partial charge in [0, 0.05) is 37.6 Å². The van der Waals surface area contributed by atoms with Crippen LogP contribution in [0.4, 0.5) is 0 Å². The van der Waals surface area contributed by atoms with Gasteiger partial charge in [-0.2, -0.15) is 0 Å². The zero-order valence-electron chi connectivity index (χ0n) is 12.9. The minimum Gasteiger partial charge on any atom is -0.339 e. The van der Waals surface area contributed by atoms with Crippen molar-refractivity contribution in [1.82, 2.24) is 9.80 Å². The van der Waals surface area contributed by atoms with Crippen molar-refractivity contribution in [2.24, 2.45) is 11.1 Å². The van der Waals surface area contributed by atoms with Crippen molar-refractivity contribution in [2.75, 3.05) is 26.2 Å². The molecule has 1 aromatic rings. The molecule has 0 saturated carbocycles. The van der Waals surface area contributed by atoms with Gasteiger partial charge in [0.2, 0.25) is 5.91 Å². The molecule has 4 nitrogen and oxygen atoms in total. The van der Waals surface area contributed by atoms with Gasteiger partial charge in [-0.25, -0.2) is 0 Å². The van der Waals surface area contributed by atoms with Crippen LogP contribution in [0.3, 0.4) is 0 Å². The third kappa shape index (κ3) is 4.42. The van der Waals surface area contributed by atoms with Crippen LogP contribution in [0.2, 0.25) is 4.34 Å². The Morgan fingerprint density at radius 2 is 1.95 bits per heavy atom. The van der Waals surface area contributed by atoms with E-state index in [1.807, 2.05) is 31.7 Å². The Bertz CT molecular complexity index is 489. The summed E-state index contributed by atoms with van der Waals surface area (Å²) in [5, 5.41) is 0. The van der Waals surface area contributed by atoms with E-state index in [-0.39, 0.29) is 11.3 Å². The summed E-state index contributed by atoms with van der Waals surface area (Å²) in [6.07, 6.45) is 0. The van der Waals surface area contributed by atoms with Gasteiger partial charge in [0.05, 0.1) is 10.4 Å². The standard InChI is InChI=1S/C15H24ClN3OS/c1-15(2,3)13(17)14(20)19-8-6-18(7-9-19)10-11-4-5-12(16)21-11/h4-5,13H,6-10,17H2,1-3H3/t13-/m1/s1. The fraction of sp³-hybridized carbons (Fsp3) is 0.667. The van der Waals surface area contributed by atoms with Gasteiger partial charge in [-0.15, -0.1) is 11.3 Å². The highest BCUT2D eigenvalue weighted by Gasteiger charge is 2.32. The van der Waals surface area contributed by atoms with Crippen LogP contribution in [-0.4, -0.2) is 47.9 Å². The van der Waals surface area contributed by atoms with Gasteiger partial charge in [0.1, 0.15) is 0 Å². The van der Waals surface area contributed by atoms with Crippen LogP contribution in [0, 0.1) is 5.41 Å². The normalized spacial score (nSPS) is 18.8. The number of hydrogen-bond acceptors (Lipinski definition) is 4. The molecule has 0 aromatic carbocycles. The Morgan fingerprint density at radius 1 is 1.33 bits per heavy atom. The van der Waals surface area contributed by atoms with Gasteiger partial charge in [-0.3, -0.25) is 9.69 Å². The van der Waals surface area contributed by atoms with Crippen LogP contribution >= 0.6 is 22.9 Å². The number of nitrogens with zero attached hydrogens (tertiary/aromatic N) is 2. The average Bonchev–Trinajstić information content (AvgIpc) is 2.82. The molecule has 0 bridgehead atoms. The lowest BCUT2D eigenvalue weighted by molar-refractivity contribution is -0.136. The van der Waals surface area contributed by atoms with Crippen molar-refractivity contribution in [3.05, 3.63) is 21.3 Å². The molecule has 2 heterocycles. The van der Waals surface area contributed by atoms with E-state index in [0.29, 0.717) is 0 Å². The molecule has 1 aliphatic rings. The second-order valence-corrected chi connectivity index (χ2v) is 8.45. The molecule has 1 atom stereocenters. The van der Waals surface area contributed by atoms with Crippen molar-refractivity contribution in [2.45, 2.75) is 33.4 Å². The smallest absolute Gasteiger partial charge is 0.240 e. The van der Waals surface area contributed by atoms with Gasteiger partial charge in [0.15, 0.2) is 0 Å². The third-order valence-corrected chi connectivity index (χ3v) is 5.11. The average molecular weight is 330 g/mol. The van der Waals surface area contributed by atoms with Gasteiger partial charge in [-0.1, -0.05) is 32.4 Å². The molecular weight excluding hydrogens is 306 g/mol. The van der Waals surface area contributed by atoms with Crippen molar-refractivity contribution in [3.8, 4) is 0 Å². The van der Waals surface area contributed by atoms with E-state index in [2.05, 4.69) is 11.0 Å².